The number of aryl methyl sites for hydroxylation is 2. The molecule has 0 bridgehead atoms. The van der Waals surface area contributed by atoms with Crippen LogP contribution in [-0.2, 0) is 19.5 Å². The van der Waals surface area contributed by atoms with Crippen LogP contribution < -0.4 is 10.6 Å². The fourth-order valence-corrected chi connectivity index (χ4v) is 2.48. The van der Waals surface area contributed by atoms with E-state index in [1.54, 1.807) is 6.26 Å². The van der Waals surface area contributed by atoms with E-state index in [1.807, 2.05) is 38.1 Å². The smallest absolute Gasteiger partial charge is 0.315 e. The van der Waals surface area contributed by atoms with Crippen molar-refractivity contribution < 1.29 is 13.7 Å². The van der Waals surface area contributed by atoms with Crippen molar-refractivity contribution in [2.24, 2.45) is 0 Å². The van der Waals surface area contributed by atoms with Crippen molar-refractivity contribution >= 4 is 17.0 Å². The van der Waals surface area contributed by atoms with Crippen LogP contribution in [-0.4, -0.2) is 11.2 Å². The highest BCUT2D eigenvalue weighted by Crippen LogP contribution is 2.17. The molecular weight excluding hydrogens is 294 g/mol. The minimum atomic E-state index is -0.222. The molecule has 6 nitrogen and oxygen atoms in total. The summed E-state index contributed by atoms with van der Waals surface area (Å²) in [4.78, 5) is 11.9. The van der Waals surface area contributed by atoms with Crippen LogP contribution in [0.1, 0.15) is 29.5 Å². The van der Waals surface area contributed by atoms with E-state index in [0.29, 0.717) is 13.1 Å². The number of fused-ring (bicyclic) bond motifs is 1. The number of benzene rings is 1. The molecule has 0 saturated carbocycles. The maximum atomic E-state index is 11.9. The minimum Gasteiger partial charge on any atom is -0.464 e. The maximum Gasteiger partial charge on any atom is 0.315 e. The maximum absolute atomic E-state index is 11.9. The lowest BCUT2D eigenvalue weighted by atomic mass is 10.1. The molecule has 0 fully saturated rings. The Labute approximate surface area is 133 Å². The first-order valence-electron chi connectivity index (χ1n) is 7.59. The second-order valence-corrected chi connectivity index (χ2v) is 5.35. The van der Waals surface area contributed by atoms with E-state index in [0.717, 1.165) is 40.0 Å². The standard InChI is InChI=1S/C17H19N3O3/c1-3-15-14(11(2)23-20-15)10-19-17(21)18-9-12-4-5-16-13(8-12)6-7-22-16/h4-8H,3,9-10H2,1-2H3,(H2,18,19,21). The Kier molecular flexibility index (Phi) is 4.32. The van der Waals surface area contributed by atoms with Crippen molar-refractivity contribution in [2.45, 2.75) is 33.4 Å². The second kappa shape index (κ2) is 6.56. The van der Waals surface area contributed by atoms with Crippen LogP contribution in [0.5, 0.6) is 0 Å². The third kappa shape index (κ3) is 3.36. The van der Waals surface area contributed by atoms with Gasteiger partial charge in [0, 0.05) is 24.0 Å². The number of hydrogen-bond acceptors (Lipinski definition) is 4. The minimum absolute atomic E-state index is 0.222. The van der Waals surface area contributed by atoms with E-state index in [9.17, 15) is 4.79 Å². The number of nitrogens with zero attached hydrogens (tertiary/aromatic N) is 1. The first kappa shape index (κ1) is 15.1. The van der Waals surface area contributed by atoms with E-state index >= 15 is 0 Å². The Morgan fingerprint density at radius 2 is 2.04 bits per heavy atom. The van der Waals surface area contributed by atoms with Gasteiger partial charge in [-0.25, -0.2) is 4.79 Å². The van der Waals surface area contributed by atoms with Crippen molar-refractivity contribution in [1.29, 1.82) is 0 Å². The molecule has 0 aliphatic heterocycles. The summed E-state index contributed by atoms with van der Waals surface area (Å²) in [7, 11) is 0. The number of aromatic nitrogens is 1. The molecular formula is C17H19N3O3. The monoisotopic (exact) mass is 313 g/mol. The van der Waals surface area contributed by atoms with Crippen LogP contribution >= 0.6 is 0 Å². The highest BCUT2D eigenvalue weighted by atomic mass is 16.5. The first-order valence-corrected chi connectivity index (χ1v) is 7.59. The van der Waals surface area contributed by atoms with Crippen molar-refractivity contribution in [3.8, 4) is 0 Å². The van der Waals surface area contributed by atoms with Crippen molar-refractivity contribution in [3.63, 3.8) is 0 Å². The summed E-state index contributed by atoms with van der Waals surface area (Å²) < 4.78 is 10.4. The average Bonchev–Trinajstić information content (AvgIpc) is 3.16. The highest BCUT2D eigenvalue weighted by Gasteiger charge is 2.12. The van der Waals surface area contributed by atoms with Crippen LogP contribution in [0.3, 0.4) is 0 Å². The van der Waals surface area contributed by atoms with Gasteiger partial charge in [-0.15, -0.1) is 0 Å². The Balaban J connectivity index is 1.54. The van der Waals surface area contributed by atoms with Gasteiger partial charge in [-0.2, -0.15) is 0 Å². The topological polar surface area (TPSA) is 80.3 Å². The van der Waals surface area contributed by atoms with Crippen LogP contribution in [0.4, 0.5) is 4.79 Å². The summed E-state index contributed by atoms with van der Waals surface area (Å²) in [6, 6.07) is 7.52. The van der Waals surface area contributed by atoms with Gasteiger partial charge in [0.2, 0.25) is 0 Å². The molecule has 3 aromatic rings. The molecule has 23 heavy (non-hydrogen) atoms. The third-order valence-electron chi connectivity index (χ3n) is 3.80. The lowest BCUT2D eigenvalue weighted by molar-refractivity contribution is 0.240. The fraction of sp³-hybridized carbons (Fsp3) is 0.294. The normalized spacial score (nSPS) is 10.9. The van der Waals surface area contributed by atoms with Crippen molar-refractivity contribution in [2.75, 3.05) is 0 Å². The molecule has 0 spiro atoms. The SMILES string of the molecule is CCc1noc(C)c1CNC(=O)NCc1ccc2occc2c1. The fourth-order valence-electron chi connectivity index (χ4n) is 2.48. The molecule has 0 aliphatic rings. The van der Waals surface area contributed by atoms with Crippen LogP contribution in [0.2, 0.25) is 0 Å². The summed E-state index contributed by atoms with van der Waals surface area (Å²) in [5, 5.41) is 10.7. The third-order valence-corrected chi connectivity index (χ3v) is 3.80. The Bertz CT molecular complexity index is 819. The van der Waals surface area contributed by atoms with Gasteiger partial charge in [0.25, 0.3) is 0 Å². The Morgan fingerprint density at radius 1 is 1.22 bits per heavy atom. The van der Waals surface area contributed by atoms with E-state index in [4.69, 9.17) is 8.94 Å². The van der Waals surface area contributed by atoms with Gasteiger partial charge in [-0.1, -0.05) is 18.1 Å². The molecule has 120 valence electrons. The van der Waals surface area contributed by atoms with Gasteiger partial charge in [-0.3, -0.25) is 0 Å². The zero-order valence-corrected chi connectivity index (χ0v) is 13.2. The van der Waals surface area contributed by atoms with Crippen LogP contribution in [0.15, 0.2) is 39.5 Å². The molecule has 0 aliphatic carbocycles. The summed E-state index contributed by atoms with van der Waals surface area (Å²) in [6.45, 7) is 4.72. The zero-order valence-electron chi connectivity index (χ0n) is 13.2. The number of carbonyl (C=O) groups is 1. The second-order valence-electron chi connectivity index (χ2n) is 5.35. The molecule has 1 aromatic carbocycles. The number of hydrogen-bond donors (Lipinski definition) is 2. The van der Waals surface area contributed by atoms with Gasteiger partial charge in [0.1, 0.15) is 11.3 Å². The molecule has 0 unspecified atom stereocenters. The first-order chi connectivity index (χ1) is 11.2. The van der Waals surface area contributed by atoms with E-state index < -0.39 is 0 Å². The van der Waals surface area contributed by atoms with Crippen molar-refractivity contribution in [3.05, 3.63) is 53.1 Å². The van der Waals surface area contributed by atoms with Crippen LogP contribution in [0.25, 0.3) is 11.0 Å². The molecule has 3 rings (SSSR count). The molecule has 0 saturated heterocycles. The predicted octanol–water partition coefficient (Wildman–Crippen LogP) is 3.29. The average molecular weight is 313 g/mol. The number of furan rings is 1. The summed E-state index contributed by atoms with van der Waals surface area (Å²) >= 11 is 0. The Morgan fingerprint density at radius 3 is 2.87 bits per heavy atom. The summed E-state index contributed by atoms with van der Waals surface area (Å²) in [5.74, 6) is 0.743. The predicted molar refractivity (Wildman–Crippen MR) is 85.9 cm³/mol. The molecule has 2 heterocycles. The molecule has 6 heteroatoms. The van der Waals surface area contributed by atoms with Gasteiger partial charge in [-0.05, 0) is 37.1 Å². The highest BCUT2D eigenvalue weighted by molar-refractivity contribution is 5.78. The molecule has 0 atom stereocenters. The van der Waals surface area contributed by atoms with E-state index in [-0.39, 0.29) is 6.03 Å². The summed E-state index contributed by atoms with van der Waals surface area (Å²) in [5.41, 5.74) is 3.69. The number of rotatable bonds is 5. The molecule has 2 amide bonds. The summed E-state index contributed by atoms with van der Waals surface area (Å²) in [6.07, 6.45) is 2.43. The van der Waals surface area contributed by atoms with E-state index in [2.05, 4.69) is 15.8 Å². The van der Waals surface area contributed by atoms with Gasteiger partial charge < -0.3 is 19.6 Å². The quantitative estimate of drug-likeness (QED) is 0.757. The lowest BCUT2D eigenvalue weighted by Crippen LogP contribution is -2.34. The number of nitrogens with one attached hydrogen (secondary N) is 2. The number of urea groups is 1. The molecule has 2 aromatic heterocycles. The van der Waals surface area contributed by atoms with E-state index in [1.165, 1.54) is 0 Å². The zero-order chi connectivity index (χ0) is 16.2. The Hall–Kier alpha value is -2.76. The number of carbonyl (C=O) groups excluding carboxylic acids is 1. The van der Waals surface area contributed by atoms with Gasteiger partial charge in [0.15, 0.2) is 0 Å². The van der Waals surface area contributed by atoms with Crippen molar-refractivity contribution in [1.82, 2.24) is 15.8 Å². The number of amides is 2. The lowest BCUT2D eigenvalue weighted by Gasteiger charge is -2.08. The van der Waals surface area contributed by atoms with Gasteiger partial charge >= 0.3 is 6.03 Å². The molecule has 0 radical (unpaired) electrons. The van der Waals surface area contributed by atoms with Gasteiger partial charge in [0.05, 0.1) is 12.0 Å². The largest absolute Gasteiger partial charge is 0.464 e. The molecule has 2 N–H and O–H groups in total. The van der Waals surface area contributed by atoms with Crippen LogP contribution in [0, 0.1) is 6.92 Å².